The summed E-state index contributed by atoms with van der Waals surface area (Å²) in [5.41, 5.74) is 16.6. The van der Waals surface area contributed by atoms with E-state index in [1.165, 1.54) is 72.1 Å². The van der Waals surface area contributed by atoms with E-state index in [-0.39, 0.29) is 11.3 Å². The van der Waals surface area contributed by atoms with Gasteiger partial charge in [-0.15, -0.1) is 0 Å². The molecule has 1 aliphatic rings. The Balaban J connectivity index is 1.80. The van der Waals surface area contributed by atoms with Crippen LogP contribution >= 0.6 is 7.92 Å². The molecule has 1 heterocycles. The van der Waals surface area contributed by atoms with Gasteiger partial charge >= 0.3 is 0 Å². The molecule has 1 saturated heterocycles. The Morgan fingerprint density at radius 3 is 1.02 bits per heavy atom. The van der Waals surface area contributed by atoms with Crippen LogP contribution in [0, 0.1) is 0 Å². The van der Waals surface area contributed by atoms with E-state index in [2.05, 4.69) is 186 Å². The van der Waals surface area contributed by atoms with Crippen molar-refractivity contribution in [2.24, 2.45) is 0 Å². The first-order valence-corrected chi connectivity index (χ1v) is 22.6. The number of carbonyl (C=O) groups is 1. The second-order valence-electron chi connectivity index (χ2n) is 18.0. The third-order valence-corrected chi connectivity index (χ3v) is 15.4. The predicted octanol–water partition coefficient (Wildman–Crippen LogP) is 15.7. The number of carbonyl (C=O) groups excluding carboxylic acids is 1. The van der Waals surface area contributed by atoms with Gasteiger partial charge in [0.1, 0.15) is 5.78 Å². The van der Waals surface area contributed by atoms with Crippen molar-refractivity contribution < 1.29 is 4.79 Å². The van der Waals surface area contributed by atoms with E-state index >= 15 is 0 Å². The summed E-state index contributed by atoms with van der Waals surface area (Å²) in [5.74, 6) is 2.72. The normalized spacial score (nSPS) is 17.8. The molecule has 55 heavy (non-hydrogen) atoms. The SMILES string of the molecule is CC(C)c1ccc(C2CC(=O)CC(c3ccc(C(C)C)cc3)P2c2c(-c3c(C(C)C)cccc3C(C)C)cccc2-c2c(C(C)C)cccc2C(C)C)cc1. The standard InChI is InChI=1S/C53H65OP/c1-32(2)38-22-26-40(27-23-38)49-30-42(54)31-50(41-28-24-39(25-29-41)33(3)4)55(49)53-47(51-43(34(5)6)16-13-17-44(51)35(7)8)20-15-21-48(53)52-45(36(9)10)18-14-19-46(52)37(11)12/h13-29,32-37,49-50H,30-31H2,1-12H3. The number of Topliss-reactive ketones (excluding diaryl/α,β-unsaturated/α-hetero) is 1. The van der Waals surface area contributed by atoms with Crippen molar-refractivity contribution in [2.75, 3.05) is 0 Å². The molecular weight excluding hydrogens is 684 g/mol. The van der Waals surface area contributed by atoms with Crippen molar-refractivity contribution in [1.82, 2.24) is 0 Å². The lowest BCUT2D eigenvalue weighted by Crippen LogP contribution is -2.26. The minimum Gasteiger partial charge on any atom is -0.300 e. The monoisotopic (exact) mass is 748 g/mol. The van der Waals surface area contributed by atoms with Gasteiger partial charge in [0.2, 0.25) is 0 Å². The number of hydrogen-bond acceptors (Lipinski definition) is 1. The lowest BCUT2D eigenvalue weighted by atomic mass is 9.82. The van der Waals surface area contributed by atoms with Crippen LogP contribution in [0.25, 0.3) is 22.3 Å². The van der Waals surface area contributed by atoms with E-state index in [4.69, 9.17) is 0 Å². The fourth-order valence-electron chi connectivity index (χ4n) is 8.95. The molecule has 1 nitrogen and oxygen atoms in total. The summed E-state index contributed by atoms with van der Waals surface area (Å²) in [6, 6.07) is 39.9. The topological polar surface area (TPSA) is 17.1 Å². The van der Waals surface area contributed by atoms with Crippen LogP contribution in [0.2, 0.25) is 0 Å². The van der Waals surface area contributed by atoms with E-state index in [9.17, 15) is 4.79 Å². The van der Waals surface area contributed by atoms with E-state index in [1.54, 1.807) is 0 Å². The van der Waals surface area contributed by atoms with E-state index in [0.29, 0.717) is 54.1 Å². The molecule has 0 amide bonds. The number of benzene rings is 5. The summed E-state index contributed by atoms with van der Waals surface area (Å²) in [6.45, 7) is 27.8. The summed E-state index contributed by atoms with van der Waals surface area (Å²) in [4.78, 5) is 14.3. The van der Waals surface area contributed by atoms with Gasteiger partial charge in [0.05, 0.1) is 0 Å². The highest BCUT2D eigenvalue weighted by molar-refractivity contribution is 7.67. The molecule has 0 saturated carbocycles. The van der Waals surface area contributed by atoms with Crippen molar-refractivity contribution in [1.29, 1.82) is 0 Å². The Hall–Kier alpha value is -3.80. The maximum absolute atomic E-state index is 14.3. The molecule has 0 aromatic heterocycles. The van der Waals surface area contributed by atoms with Gasteiger partial charge in [-0.1, -0.05) is 194 Å². The van der Waals surface area contributed by atoms with Crippen LogP contribution in [-0.2, 0) is 4.79 Å². The van der Waals surface area contributed by atoms with E-state index in [0.717, 1.165) is 0 Å². The maximum atomic E-state index is 14.3. The Morgan fingerprint density at radius 2 is 0.727 bits per heavy atom. The number of hydrogen-bond donors (Lipinski definition) is 0. The van der Waals surface area contributed by atoms with Crippen molar-refractivity contribution >= 4 is 19.0 Å². The largest absolute Gasteiger partial charge is 0.300 e. The maximum Gasteiger partial charge on any atom is 0.134 e. The van der Waals surface area contributed by atoms with Crippen molar-refractivity contribution in [3.8, 4) is 22.3 Å². The quantitative estimate of drug-likeness (QED) is 0.123. The first kappa shape index (κ1) is 40.9. The summed E-state index contributed by atoms with van der Waals surface area (Å²) in [6.07, 6.45) is 1.15. The van der Waals surface area contributed by atoms with Crippen LogP contribution in [0.1, 0.15) is 187 Å². The Labute approximate surface area is 335 Å². The zero-order chi connectivity index (χ0) is 39.7. The van der Waals surface area contributed by atoms with Gasteiger partial charge in [0, 0.05) is 24.2 Å². The van der Waals surface area contributed by atoms with Crippen LogP contribution in [0.15, 0.2) is 103 Å². The van der Waals surface area contributed by atoms with Gasteiger partial charge in [-0.05, 0) is 108 Å². The second-order valence-corrected chi connectivity index (χ2v) is 20.5. The molecule has 1 aliphatic heterocycles. The average molecular weight is 749 g/mol. The lowest BCUT2D eigenvalue weighted by Gasteiger charge is -2.42. The molecule has 2 atom stereocenters. The molecular formula is C53H65OP. The van der Waals surface area contributed by atoms with Crippen molar-refractivity contribution in [3.63, 3.8) is 0 Å². The third kappa shape index (κ3) is 8.35. The number of ketones is 1. The van der Waals surface area contributed by atoms with Crippen LogP contribution in [-0.4, -0.2) is 5.78 Å². The molecule has 0 aliphatic carbocycles. The fourth-order valence-corrected chi connectivity index (χ4v) is 12.7. The van der Waals surface area contributed by atoms with Gasteiger partial charge in [0.25, 0.3) is 0 Å². The summed E-state index contributed by atoms with van der Waals surface area (Å²) < 4.78 is 0. The van der Waals surface area contributed by atoms with Gasteiger partial charge < -0.3 is 0 Å². The van der Waals surface area contributed by atoms with Crippen LogP contribution < -0.4 is 5.30 Å². The smallest absolute Gasteiger partial charge is 0.134 e. The molecule has 0 N–H and O–H groups in total. The van der Waals surface area contributed by atoms with Gasteiger partial charge in [0.15, 0.2) is 0 Å². The fraction of sp³-hybridized carbons (Fsp3) is 0.415. The molecule has 2 unspecified atom stereocenters. The van der Waals surface area contributed by atoms with E-state index in [1.807, 2.05) is 0 Å². The van der Waals surface area contributed by atoms with Gasteiger partial charge in [-0.25, -0.2) is 0 Å². The van der Waals surface area contributed by atoms with Gasteiger partial charge in [-0.3, -0.25) is 4.79 Å². The van der Waals surface area contributed by atoms with Crippen LogP contribution in [0.3, 0.4) is 0 Å². The van der Waals surface area contributed by atoms with Gasteiger partial charge in [-0.2, -0.15) is 0 Å². The van der Waals surface area contributed by atoms with E-state index < -0.39 is 7.92 Å². The first-order chi connectivity index (χ1) is 26.2. The lowest BCUT2D eigenvalue weighted by molar-refractivity contribution is -0.119. The zero-order valence-corrected chi connectivity index (χ0v) is 36.6. The minimum absolute atomic E-state index is 0.0922. The Kier molecular flexibility index (Phi) is 12.7. The van der Waals surface area contributed by atoms with Crippen molar-refractivity contribution in [3.05, 3.63) is 148 Å². The molecule has 6 rings (SSSR count). The zero-order valence-electron chi connectivity index (χ0n) is 35.7. The molecule has 0 radical (unpaired) electrons. The summed E-state index contributed by atoms with van der Waals surface area (Å²) in [5, 5.41) is 1.48. The first-order valence-electron chi connectivity index (χ1n) is 21.1. The third-order valence-electron chi connectivity index (χ3n) is 12.1. The number of rotatable bonds is 11. The highest BCUT2D eigenvalue weighted by atomic mass is 31.1. The molecule has 5 aromatic carbocycles. The van der Waals surface area contributed by atoms with Crippen molar-refractivity contribution in [2.45, 2.75) is 143 Å². The van der Waals surface area contributed by atoms with Crippen LogP contribution in [0.5, 0.6) is 0 Å². The second kappa shape index (κ2) is 17.1. The molecule has 0 spiro atoms. The molecule has 0 bridgehead atoms. The molecule has 288 valence electrons. The molecule has 5 aromatic rings. The average Bonchev–Trinajstić information content (AvgIpc) is 3.16. The summed E-state index contributed by atoms with van der Waals surface area (Å²) in [7, 11) is -0.959. The Bertz CT molecular complexity index is 1900. The van der Waals surface area contributed by atoms with Crippen LogP contribution in [0.4, 0.5) is 0 Å². The Morgan fingerprint density at radius 1 is 0.418 bits per heavy atom. The minimum atomic E-state index is -0.959. The molecule has 1 fully saturated rings. The molecule has 2 heteroatoms. The highest BCUT2D eigenvalue weighted by Gasteiger charge is 2.42. The summed E-state index contributed by atoms with van der Waals surface area (Å²) >= 11 is 0. The predicted molar refractivity (Wildman–Crippen MR) is 241 cm³/mol. The highest BCUT2D eigenvalue weighted by Crippen LogP contribution is 2.68.